The van der Waals surface area contributed by atoms with Crippen LogP contribution in [0.5, 0.6) is 0 Å². The van der Waals surface area contributed by atoms with E-state index in [2.05, 4.69) is 34.5 Å². The molecule has 3 fully saturated rings. The van der Waals surface area contributed by atoms with Crippen LogP contribution in [-0.4, -0.2) is 71.7 Å². The summed E-state index contributed by atoms with van der Waals surface area (Å²) in [6.45, 7) is 4.32. The van der Waals surface area contributed by atoms with Crippen LogP contribution in [0.15, 0.2) is 72.8 Å². The van der Waals surface area contributed by atoms with Gasteiger partial charge in [-0.05, 0) is 52.8 Å². The molecule has 0 bridgehead atoms. The maximum atomic E-state index is 12.4. The number of aliphatic carboxylic acids is 1. The van der Waals surface area contributed by atoms with Crippen LogP contribution >= 0.6 is 0 Å². The number of unbranched alkanes of at least 4 members (excludes halogenated alkanes) is 2. The molecule has 10 nitrogen and oxygen atoms in total. The van der Waals surface area contributed by atoms with Gasteiger partial charge in [0.25, 0.3) is 0 Å². The van der Waals surface area contributed by atoms with Gasteiger partial charge in [-0.1, -0.05) is 67.1 Å². The smallest absolute Gasteiger partial charge is 0.303 e. The van der Waals surface area contributed by atoms with Gasteiger partial charge in [-0.2, -0.15) is 0 Å². The Morgan fingerprint density at radius 3 is 2.27 bits per heavy atom. The largest absolute Gasteiger partial charge is 0.481 e. The summed E-state index contributed by atoms with van der Waals surface area (Å²) in [4.78, 5) is 25.5. The van der Waals surface area contributed by atoms with Crippen LogP contribution < -0.4 is 5.32 Å². The fourth-order valence-corrected chi connectivity index (χ4v) is 6.94. The zero-order valence-corrected chi connectivity index (χ0v) is 28.1. The molecule has 3 heterocycles. The van der Waals surface area contributed by atoms with Crippen molar-refractivity contribution in [3.8, 4) is 11.1 Å². The van der Waals surface area contributed by atoms with Gasteiger partial charge < -0.3 is 39.4 Å². The topological polar surface area (TPSA) is 127 Å². The monoisotopic (exact) mass is 672 g/mol. The van der Waals surface area contributed by atoms with E-state index in [0.29, 0.717) is 39.0 Å². The first-order valence-electron chi connectivity index (χ1n) is 17.6. The SMILES string of the molecule is O=C(O)CCCCCC(=O)NCc1cccc(-c2cccc([C@H]3O[C@@H](CN4CCC5(CC4)OCCO5)C[C@@H](c4ccc(CO)cc4)O3)c2)c1. The van der Waals surface area contributed by atoms with Gasteiger partial charge in [-0.15, -0.1) is 0 Å². The fourth-order valence-electron chi connectivity index (χ4n) is 6.94. The number of piperidine rings is 1. The summed E-state index contributed by atoms with van der Waals surface area (Å²) in [5.74, 6) is -1.25. The average Bonchev–Trinajstić information content (AvgIpc) is 3.59. The molecule has 0 radical (unpaired) electrons. The van der Waals surface area contributed by atoms with Gasteiger partial charge in [-0.3, -0.25) is 9.59 Å². The Morgan fingerprint density at radius 2 is 1.53 bits per heavy atom. The van der Waals surface area contributed by atoms with Crippen molar-refractivity contribution in [2.45, 2.75) is 88.8 Å². The lowest BCUT2D eigenvalue weighted by Gasteiger charge is -2.41. The third-order valence-corrected chi connectivity index (χ3v) is 9.71. The Morgan fingerprint density at radius 1 is 0.816 bits per heavy atom. The predicted molar refractivity (Wildman–Crippen MR) is 183 cm³/mol. The molecule has 3 aromatic carbocycles. The molecule has 3 N–H and O–H groups in total. The van der Waals surface area contributed by atoms with E-state index >= 15 is 0 Å². The molecule has 10 heteroatoms. The van der Waals surface area contributed by atoms with Crippen molar-refractivity contribution in [1.82, 2.24) is 10.2 Å². The average molecular weight is 673 g/mol. The van der Waals surface area contributed by atoms with Crippen LogP contribution in [0.2, 0.25) is 0 Å². The third-order valence-electron chi connectivity index (χ3n) is 9.71. The number of ether oxygens (including phenoxy) is 4. The number of likely N-dealkylation sites (tertiary alicyclic amines) is 1. The molecule has 1 spiro atoms. The molecule has 3 aromatic rings. The lowest BCUT2D eigenvalue weighted by Crippen LogP contribution is -2.48. The van der Waals surface area contributed by atoms with Gasteiger partial charge in [0.2, 0.25) is 5.91 Å². The number of amides is 1. The minimum absolute atomic E-state index is 0.000585. The van der Waals surface area contributed by atoms with Gasteiger partial charge in [0, 0.05) is 63.8 Å². The number of hydrogen-bond acceptors (Lipinski definition) is 8. The summed E-state index contributed by atoms with van der Waals surface area (Å²) in [5, 5.41) is 21.3. The van der Waals surface area contributed by atoms with Crippen molar-refractivity contribution in [2.24, 2.45) is 0 Å². The van der Waals surface area contributed by atoms with Crippen LogP contribution in [-0.2, 0) is 41.7 Å². The van der Waals surface area contributed by atoms with Crippen LogP contribution in [0.25, 0.3) is 11.1 Å². The van der Waals surface area contributed by atoms with Crippen LogP contribution in [0, 0.1) is 0 Å². The van der Waals surface area contributed by atoms with Crippen LogP contribution in [0.1, 0.15) is 86.0 Å². The standard InChI is InChI=1S/C39H48N2O8/c42-27-28-12-14-30(15-13-28)35-24-34(26-41-18-16-39(17-19-41)46-20-21-47-39)48-38(49-35)33-9-5-8-32(23-33)31-7-4-6-29(22-31)25-40-36(43)10-2-1-3-11-37(44)45/h4-9,12-15,22-23,34-35,38,42H,1-3,10-11,16-21,24-27H2,(H,40,43)(H,44,45)/t34-,35+,38+/m1/s1. The maximum absolute atomic E-state index is 12.4. The Bertz CT molecular complexity index is 1530. The van der Waals surface area contributed by atoms with Gasteiger partial charge in [-0.25, -0.2) is 0 Å². The summed E-state index contributed by atoms with van der Waals surface area (Å²) >= 11 is 0. The van der Waals surface area contributed by atoms with Crippen LogP contribution in [0.3, 0.4) is 0 Å². The Balaban J connectivity index is 1.11. The van der Waals surface area contributed by atoms with E-state index in [4.69, 9.17) is 24.1 Å². The second-order valence-corrected chi connectivity index (χ2v) is 13.3. The number of carboxylic acids is 1. The zero-order chi connectivity index (χ0) is 34.1. The molecule has 49 heavy (non-hydrogen) atoms. The van der Waals surface area contributed by atoms with E-state index in [9.17, 15) is 14.7 Å². The summed E-state index contributed by atoms with van der Waals surface area (Å²) in [7, 11) is 0. The zero-order valence-electron chi connectivity index (χ0n) is 28.1. The van der Waals surface area contributed by atoms with E-state index in [-0.39, 0.29) is 31.1 Å². The van der Waals surface area contributed by atoms with E-state index < -0.39 is 18.0 Å². The molecule has 0 saturated carbocycles. The number of nitrogens with one attached hydrogen (secondary N) is 1. The van der Waals surface area contributed by atoms with Crippen molar-refractivity contribution >= 4 is 11.9 Å². The maximum Gasteiger partial charge on any atom is 0.303 e. The highest BCUT2D eigenvalue weighted by atomic mass is 16.7. The highest BCUT2D eigenvalue weighted by Crippen LogP contribution is 2.40. The summed E-state index contributed by atoms with van der Waals surface area (Å²) in [6, 6.07) is 24.4. The van der Waals surface area contributed by atoms with Crippen LogP contribution in [0.4, 0.5) is 0 Å². The Labute approximate surface area is 288 Å². The number of rotatable bonds is 14. The minimum Gasteiger partial charge on any atom is -0.481 e. The quantitative estimate of drug-likeness (QED) is 0.180. The summed E-state index contributed by atoms with van der Waals surface area (Å²) in [5.41, 5.74) is 5.92. The van der Waals surface area contributed by atoms with Gasteiger partial charge in [0.05, 0.1) is 32.0 Å². The van der Waals surface area contributed by atoms with E-state index in [1.165, 1.54) is 0 Å². The molecular formula is C39H48N2O8. The number of hydrogen-bond donors (Lipinski definition) is 3. The third kappa shape index (κ3) is 9.75. The van der Waals surface area contributed by atoms with Gasteiger partial charge >= 0.3 is 5.97 Å². The van der Waals surface area contributed by atoms with E-state index in [1.54, 1.807) is 0 Å². The number of carboxylic acid groups (broad SMARTS) is 1. The van der Waals surface area contributed by atoms with Crippen molar-refractivity contribution < 1.29 is 38.7 Å². The second kappa shape index (κ2) is 16.8. The lowest BCUT2D eigenvalue weighted by molar-refractivity contribution is -0.255. The summed E-state index contributed by atoms with van der Waals surface area (Å²) < 4.78 is 25.2. The molecule has 3 atom stereocenters. The van der Waals surface area contributed by atoms with Gasteiger partial charge in [0.15, 0.2) is 12.1 Å². The van der Waals surface area contributed by atoms with Crippen molar-refractivity contribution in [1.29, 1.82) is 0 Å². The molecule has 3 aliphatic heterocycles. The number of carbonyl (C=O) groups excluding carboxylic acids is 1. The van der Waals surface area contributed by atoms with Crippen molar-refractivity contribution in [3.63, 3.8) is 0 Å². The first-order valence-corrected chi connectivity index (χ1v) is 17.6. The number of aliphatic hydroxyl groups is 1. The predicted octanol–water partition coefficient (Wildman–Crippen LogP) is 5.88. The number of carbonyl (C=O) groups is 2. The number of nitrogens with zero attached hydrogens (tertiary/aromatic N) is 1. The highest BCUT2D eigenvalue weighted by molar-refractivity contribution is 5.76. The summed E-state index contributed by atoms with van der Waals surface area (Å²) in [6.07, 6.45) is 4.17. The van der Waals surface area contributed by atoms with Gasteiger partial charge in [0.1, 0.15) is 0 Å². The highest BCUT2D eigenvalue weighted by Gasteiger charge is 2.41. The Kier molecular flexibility index (Phi) is 12.1. The van der Waals surface area contributed by atoms with Crippen molar-refractivity contribution in [2.75, 3.05) is 32.8 Å². The normalized spacial score (nSPS) is 22.3. The first kappa shape index (κ1) is 35.2. The minimum atomic E-state index is -0.802. The molecule has 3 saturated heterocycles. The van der Waals surface area contributed by atoms with E-state index in [1.807, 2.05) is 48.5 Å². The fraction of sp³-hybridized carbons (Fsp3) is 0.487. The lowest BCUT2D eigenvalue weighted by atomic mass is 9.97. The molecule has 1 amide bonds. The van der Waals surface area contributed by atoms with E-state index in [0.717, 1.165) is 78.7 Å². The van der Waals surface area contributed by atoms with Crippen molar-refractivity contribution in [3.05, 3.63) is 95.1 Å². The Hall–Kier alpha value is -3.64. The second-order valence-electron chi connectivity index (χ2n) is 13.3. The number of benzene rings is 3. The molecule has 0 unspecified atom stereocenters. The molecule has 262 valence electrons. The molecule has 3 aliphatic rings. The molecule has 0 aliphatic carbocycles. The molecule has 6 rings (SSSR count). The molecule has 0 aromatic heterocycles. The first-order chi connectivity index (χ1) is 23.9. The number of aliphatic hydroxyl groups excluding tert-OH is 1. The molecular weight excluding hydrogens is 624 g/mol.